The predicted molar refractivity (Wildman–Crippen MR) is 66.4 cm³/mol. The third kappa shape index (κ3) is 4.49. The molecule has 0 saturated carbocycles. The summed E-state index contributed by atoms with van der Waals surface area (Å²) in [4.78, 5) is 13.6. The first-order valence-electron chi connectivity index (χ1n) is 6.27. The van der Waals surface area contributed by atoms with Crippen LogP contribution in [0.5, 0.6) is 0 Å². The van der Waals surface area contributed by atoms with Gasteiger partial charge in [0.15, 0.2) is 0 Å². The van der Waals surface area contributed by atoms with Crippen molar-refractivity contribution in [1.82, 2.24) is 15.5 Å². The van der Waals surface area contributed by atoms with Gasteiger partial charge >= 0.3 is 0 Å². The highest BCUT2D eigenvalue weighted by molar-refractivity contribution is 5.78. The molecule has 2 N–H and O–H groups in total. The standard InChI is InChI=1S/C12H25N3O/c1-10(12(16)13-2)8-15(3)9-11-6-4-5-7-14-11/h10-11,14H,4-9H2,1-3H3,(H,13,16). The van der Waals surface area contributed by atoms with E-state index in [1.54, 1.807) is 7.05 Å². The topological polar surface area (TPSA) is 44.4 Å². The molecule has 0 spiro atoms. The Kier molecular flexibility index (Phi) is 5.77. The van der Waals surface area contributed by atoms with Gasteiger partial charge in [0.1, 0.15) is 0 Å². The number of nitrogens with zero attached hydrogens (tertiary/aromatic N) is 1. The summed E-state index contributed by atoms with van der Waals surface area (Å²) >= 11 is 0. The molecule has 1 aliphatic rings. The van der Waals surface area contributed by atoms with E-state index in [4.69, 9.17) is 0 Å². The summed E-state index contributed by atoms with van der Waals surface area (Å²) in [6, 6.07) is 0.607. The van der Waals surface area contributed by atoms with Crippen LogP contribution in [0.1, 0.15) is 26.2 Å². The summed E-state index contributed by atoms with van der Waals surface area (Å²) in [5.74, 6) is 0.196. The molecule has 1 fully saturated rings. The van der Waals surface area contributed by atoms with Gasteiger partial charge in [-0.2, -0.15) is 0 Å². The first kappa shape index (κ1) is 13.5. The fourth-order valence-electron chi connectivity index (χ4n) is 2.33. The second kappa shape index (κ2) is 6.86. The van der Waals surface area contributed by atoms with E-state index in [9.17, 15) is 4.79 Å². The number of hydrogen-bond acceptors (Lipinski definition) is 3. The predicted octanol–water partition coefficient (Wildman–Crippen LogP) is 0.442. The van der Waals surface area contributed by atoms with Gasteiger partial charge in [-0.25, -0.2) is 0 Å². The molecule has 94 valence electrons. The second-order valence-corrected chi connectivity index (χ2v) is 4.88. The number of amides is 1. The highest BCUT2D eigenvalue weighted by atomic mass is 16.1. The van der Waals surface area contributed by atoms with Gasteiger partial charge in [-0.1, -0.05) is 13.3 Å². The highest BCUT2D eigenvalue weighted by Gasteiger charge is 2.18. The number of carbonyl (C=O) groups excluding carboxylic acids is 1. The number of hydrogen-bond donors (Lipinski definition) is 2. The van der Waals surface area contributed by atoms with Crippen molar-refractivity contribution < 1.29 is 4.79 Å². The summed E-state index contributed by atoms with van der Waals surface area (Å²) < 4.78 is 0. The maximum absolute atomic E-state index is 11.4. The van der Waals surface area contributed by atoms with Gasteiger partial charge in [-0.15, -0.1) is 0 Å². The average molecular weight is 227 g/mol. The minimum absolute atomic E-state index is 0.0681. The minimum atomic E-state index is 0.0681. The molecular weight excluding hydrogens is 202 g/mol. The zero-order valence-corrected chi connectivity index (χ0v) is 10.8. The Labute approximate surface area is 98.8 Å². The largest absolute Gasteiger partial charge is 0.359 e. The van der Waals surface area contributed by atoms with Gasteiger partial charge in [0, 0.05) is 32.1 Å². The number of rotatable bonds is 5. The maximum Gasteiger partial charge on any atom is 0.223 e. The molecule has 0 aromatic carbocycles. The molecule has 2 atom stereocenters. The summed E-state index contributed by atoms with van der Waals surface area (Å²) in [6.45, 7) is 4.99. The molecule has 16 heavy (non-hydrogen) atoms. The monoisotopic (exact) mass is 227 g/mol. The van der Waals surface area contributed by atoms with Gasteiger partial charge in [0.25, 0.3) is 0 Å². The zero-order chi connectivity index (χ0) is 12.0. The van der Waals surface area contributed by atoms with Crippen LogP contribution in [0.3, 0.4) is 0 Å². The molecule has 1 rings (SSSR count). The van der Waals surface area contributed by atoms with Crippen LogP contribution < -0.4 is 10.6 Å². The molecule has 1 saturated heterocycles. The molecule has 0 aromatic rings. The highest BCUT2D eigenvalue weighted by Crippen LogP contribution is 2.08. The first-order valence-corrected chi connectivity index (χ1v) is 6.27. The third-order valence-corrected chi connectivity index (χ3v) is 3.22. The smallest absolute Gasteiger partial charge is 0.223 e. The Morgan fingerprint density at radius 2 is 2.31 bits per heavy atom. The number of piperidine rings is 1. The van der Waals surface area contributed by atoms with E-state index < -0.39 is 0 Å². The van der Waals surface area contributed by atoms with Gasteiger partial charge in [-0.3, -0.25) is 4.79 Å². The van der Waals surface area contributed by atoms with Gasteiger partial charge in [0.05, 0.1) is 0 Å². The minimum Gasteiger partial charge on any atom is -0.359 e. The molecule has 0 aromatic heterocycles. The van der Waals surface area contributed by atoms with E-state index in [2.05, 4.69) is 22.6 Å². The SMILES string of the molecule is CNC(=O)C(C)CN(C)CC1CCCCN1. The first-order chi connectivity index (χ1) is 7.63. The van der Waals surface area contributed by atoms with Crippen LogP contribution in [-0.2, 0) is 4.79 Å². The molecule has 1 amide bonds. The Balaban J connectivity index is 2.23. The summed E-state index contributed by atoms with van der Waals surface area (Å²) in [7, 11) is 3.79. The van der Waals surface area contributed by atoms with Crippen LogP contribution in [0.2, 0.25) is 0 Å². The summed E-state index contributed by atoms with van der Waals surface area (Å²) in [6.07, 6.45) is 3.89. The van der Waals surface area contributed by atoms with Crippen molar-refractivity contribution in [2.75, 3.05) is 33.7 Å². The molecule has 0 aliphatic carbocycles. The van der Waals surface area contributed by atoms with Crippen molar-refractivity contribution in [1.29, 1.82) is 0 Å². The molecule has 0 radical (unpaired) electrons. The van der Waals surface area contributed by atoms with Crippen LogP contribution in [0.15, 0.2) is 0 Å². The average Bonchev–Trinajstić information content (AvgIpc) is 2.29. The Bertz CT molecular complexity index is 214. The van der Waals surface area contributed by atoms with Gasteiger partial charge < -0.3 is 15.5 Å². The van der Waals surface area contributed by atoms with E-state index in [0.717, 1.165) is 19.6 Å². The maximum atomic E-state index is 11.4. The van der Waals surface area contributed by atoms with Crippen molar-refractivity contribution in [2.24, 2.45) is 5.92 Å². The van der Waals surface area contributed by atoms with Gasteiger partial charge in [-0.05, 0) is 26.4 Å². The number of nitrogens with one attached hydrogen (secondary N) is 2. The quantitative estimate of drug-likeness (QED) is 0.716. The molecule has 2 unspecified atom stereocenters. The van der Waals surface area contributed by atoms with Crippen molar-refractivity contribution >= 4 is 5.91 Å². The molecule has 1 heterocycles. The van der Waals surface area contributed by atoms with Crippen molar-refractivity contribution in [3.8, 4) is 0 Å². The van der Waals surface area contributed by atoms with Crippen LogP contribution in [-0.4, -0.2) is 50.6 Å². The lowest BCUT2D eigenvalue weighted by Gasteiger charge is -2.29. The van der Waals surface area contributed by atoms with Gasteiger partial charge in [0.2, 0.25) is 5.91 Å². The van der Waals surface area contributed by atoms with E-state index in [-0.39, 0.29) is 11.8 Å². The normalized spacial score (nSPS) is 23.1. The van der Waals surface area contributed by atoms with Crippen LogP contribution in [0.4, 0.5) is 0 Å². The molecule has 4 heteroatoms. The summed E-state index contributed by atoms with van der Waals surface area (Å²) in [5.41, 5.74) is 0. The lowest BCUT2D eigenvalue weighted by atomic mass is 10.0. The molecule has 0 bridgehead atoms. The lowest BCUT2D eigenvalue weighted by molar-refractivity contribution is -0.124. The fourth-order valence-corrected chi connectivity index (χ4v) is 2.33. The molecular formula is C12H25N3O. The van der Waals surface area contributed by atoms with Crippen molar-refractivity contribution in [2.45, 2.75) is 32.2 Å². The van der Waals surface area contributed by atoms with Crippen LogP contribution >= 0.6 is 0 Å². The summed E-state index contributed by atoms with van der Waals surface area (Å²) in [5, 5.41) is 6.22. The zero-order valence-electron chi connectivity index (χ0n) is 10.8. The number of carbonyl (C=O) groups is 1. The third-order valence-electron chi connectivity index (χ3n) is 3.22. The van der Waals surface area contributed by atoms with Crippen LogP contribution in [0, 0.1) is 5.92 Å². The van der Waals surface area contributed by atoms with E-state index in [1.807, 2.05) is 6.92 Å². The van der Waals surface area contributed by atoms with Crippen molar-refractivity contribution in [3.05, 3.63) is 0 Å². The van der Waals surface area contributed by atoms with E-state index in [1.165, 1.54) is 19.3 Å². The van der Waals surface area contributed by atoms with E-state index >= 15 is 0 Å². The Hall–Kier alpha value is -0.610. The Morgan fingerprint density at radius 3 is 2.88 bits per heavy atom. The molecule has 1 aliphatic heterocycles. The second-order valence-electron chi connectivity index (χ2n) is 4.88. The Morgan fingerprint density at radius 1 is 1.56 bits per heavy atom. The van der Waals surface area contributed by atoms with Crippen molar-refractivity contribution in [3.63, 3.8) is 0 Å². The number of likely N-dealkylation sites (N-methyl/N-ethyl adjacent to an activating group) is 1. The fraction of sp³-hybridized carbons (Fsp3) is 0.917. The van der Waals surface area contributed by atoms with E-state index in [0.29, 0.717) is 6.04 Å². The lowest BCUT2D eigenvalue weighted by Crippen LogP contribution is -2.44. The van der Waals surface area contributed by atoms with Crippen LogP contribution in [0.25, 0.3) is 0 Å². The molecule has 4 nitrogen and oxygen atoms in total.